The van der Waals surface area contributed by atoms with Crippen LogP contribution in [0, 0.1) is 0 Å². The molecule has 0 aromatic rings. The predicted molar refractivity (Wildman–Crippen MR) is 21.3 cm³/mol. The van der Waals surface area contributed by atoms with Gasteiger partial charge in [-0.2, -0.15) is 0 Å². The van der Waals surface area contributed by atoms with Crippen LogP contribution in [0.4, 0.5) is 8.78 Å². The molecule has 0 atom stereocenters. The maximum absolute atomic E-state index is 11.1. The minimum absolute atomic E-state index is 0.0718. The lowest BCUT2D eigenvalue weighted by molar-refractivity contribution is -0.129. The van der Waals surface area contributed by atoms with Crippen molar-refractivity contribution in [2.24, 2.45) is 0 Å². The minimum atomic E-state index is -2.77. The SMILES string of the molecule is CCC(=O)C(F)F. The molecule has 0 aliphatic heterocycles. The van der Waals surface area contributed by atoms with E-state index >= 15 is 0 Å². The summed E-state index contributed by atoms with van der Waals surface area (Å²) in [6.45, 7) is 1.41. The summed E-state index contributed by atoms with van der Waals surface area (Å²) in [5, 5.41) is 0. The Balaban J connectivity index is 3.35. The molecule has 0 bridgehead atoms. The Morgan fingerprint density at radius 2 is 2.14 bits per heavy atom. The topological polar surface area (TPSA) is 17.1 Å². The van der Waals surface area contributed by atoms with Gasteiger partial charge in [0, 0.05) is 6.42 Å². The number of alkyl halides is 2. The van der Waals surface area contributed by atoms with Gasteiger partial charge in [0.15, 0.2) is 5.78 Å². The first-order valence-corrected chi connectivity index (χ1v) is 1.99. The lowest BCUT2D eigenvalue weighted by Crippen LogP contribution is -2.06. The molecule has 0 amide bonds. The highest BCUT2D eigenvalue weighted by atomic mass is 19.3. The Morgan fingerprint density at radius 1 is 1.71 bits per heavy atom. The molecule has 0 aliphatic rings. The highest BCUT2D eigenvalue weighted by Gasteiger charge is 2.10. The van der Waals surface area contributed by atoms with E-state index in [4.69, 9.17) is 0 Å². The average molecular weight is 108 g/mol. The molecule has 0 N–H and O–H groups in total. The Morgan fingerprint density at radius 3 is 2.14 bits per heavy atom. The number of Topliss-reactive ketones (excluding diaryl/α,β-unsaturated/α-hetero) is 1. The fourth-order valence-electron chi connectivity index (χ4n) is 0.154. The second-order valence-corrected chi connectivity index (χ2v) is 1.12. The van der Waals surface area contributed by atoms with E-state index in [1.165, 1.54) is 6.92 Å². The van der Waals surface area contributed by atoms with E-state index in [1.807, 2.05) is 0 Å². The molecule has 42 valence electrons. The molecule has 0 spiro atoms. The second kappa shape index (κ2) is 2.66. The van der Waals surface area contributed by atoms with E-state index in [1.54, 1.807) is 0 Å². The van der Waals surface area contributed by atoms with Gasteiger partial charge in [0.25, 0.3) is 6.43 Å². The number of ketones is 1. The molecule has 0 radical (unpaired) electrons. The monoisotopic (exact) mass is 108 g/mol. The van der Waals surface area contributed by atoms with Crippen molar-refractivity contribution in [2.45, 2.75) is 19.8 Å². The van der Waals surface area contributed by atoms with Crippen LogP contribution >= 0.6 is 0 Å². The van der Waals surface area contributed by atoms with Crippen LogP contribution in [0.15, 0.2) is 0 Å². The van der Waals surface area contributed by atoms with Crippen molar-refractivity contribution >= 4 is 5.78 Å². The standard InChI is InChI=1S/C4H6F2O/c1-2-3(7)4(5)6/h4H,2H2,1H3. The maximum Gasteiger partial charge on any atom is 0.295 e. The zero-order valence-electron chi connectivity index (χ0n) is 3.95. The van der Waals surface area contributed by atoms with Gasteiger partial charge in [-0.1, -0.05) is 6.92 Å². The van der Waals surface area contributed by atoms with Crippen molar-refractivity contribution in [2.75, 3.05) is 0 Å². The molecule has 7 heavy (non-hydrogen) atoms. The summed E-state index contributed by atoms with van der Waals surface area (Å²) in [5.41, 5.74) is 0. The second-order valence-electron chi connectivity index (χ2n) is 1.12. The minimum Gasteiger partial charge on any atom is -0.293 e. The first-order chi connectivity index (χ1) is 3.18. The van der Waals surface area contributed by atoms with Gasteiger partial charge < -0.3 is 0 Å². The van der Waals surface area contributed by atoms with E-state index in [-0.39, 0.29) is 6.42 Å². The van der Waals surface area contributed by atoms with Gasteiger partial charge in [-0.15, -0.1) is 0 Å². The predicted octanol–water partition coefficient (Wildman–Crippen LogP) is 1.23. The van der Waals surface area contributed by atoms with Gasteiger partial charge in [-0.05, 0) is 0 Å². The van der Waals surface area contributed by atoms with Crippen LogP contribution in [-0.4, -0.2) is 12.2 Å². The average Bonchev–Trinajstić information content (AvgIpc) is 1.65. The number of hydrogen-bond donors (Lipinski definition) is 0. The van der Waals surface area contributed by atoms with Crippen LogP contribution in [-0.2, 0) is 4.79 Å². The van der Waals surface area contributed by atoms with Crippen molar-refractivity contribution in [3.8, 4) is 0 Å². The summed E-state index contributed by atoms with van der Waals surface area (Å²) >= 11 is 0. The van der Waals surface area contributed by atoms with E-state index < -0.39 is 12.2 Å². The van der Waals surface area contributed by atoms with Crippen molar-refractivity contribution in [1.29, 1.82) is 0 Å². The van der Waals surface area contributed by atoms with Gasteiger partial charge in [-0.3, -0.25) is 4.79 Å². The molecule has 0 rings (SSSR count). The van der Waals surface area contributed by atoms with Gasteiger partial charge in [0.2, 0.25) is 0 Å². The van der Waals surface area contributed by atoms with E-state index in [0.717, 1.165) is 0 Å². The molecule has 0 heterocycles. The van der Waals surface area contributed by atoms with Crippen molar-refractivity contribution in [3.63, 3.8) is 0 Å². The molecule has 0 aliphatic carbocycles. The number of rotatable bonds is 2. The number of halogens is 2. The molecule has 0 fully saturated rings. The summed E-state index contributed by atoms with van der Waals surface area (Å²) < 4.78 is 22.2. The number of hydrogen-bond acceptors (Lipinski definition) is 1. The van der Waals surface area contributed by atoms with E-state index in [9.17, 15) is 13.6 Å². The Kier molecular flexibility index (Phi) is 2.48. The largest absolute Gasteiger partial charge is 0.295 e. The van der Waals surface area contributed by atoms with Crippen molar-refractivity contribution < 1.29 is 13.6 Å². The third-order valence-electron chi connectivity index (χ3n) is 0.592. The maximum atomic E-state index is 11.1. The molecule has 3 heteroatoms. The summed E-state index contributed by atoms with van der Waals surface area (Å²) in [6, 6.07) is 0. The normalized spacial score (nSPS) is 9.71. The highest BCUT2D eigenvalue weighted by Crippen LogP contribution is 1.95. The molecule has 1 nitrogen and oxygen atoms in total. The number of carbonyl (C=O) groups is 1. The van der Waals surface area contributed by atoms with Gasteiger partial charge in [-0.25, -0.2) is 8.78 Å². The first-order valence-electron chi connectivity index (χ1n) is 1.99. The Bertz CT molecular complexity index is 70.1. The summed E-state index contributed by atoms with van der Waals surface area (Å²) in [5.74, 6) is -0.986. The molecule has 0 aromatic heterocycles. The van der Waals surface area contributed by atoms with Crippen LogP contribution in [0.5, 0.6) is 0 Å². The Hall–Kier alpha value is -0.470. The van der Waals surface area contributed by atoms with E-state index in [2.05, 4.69) is 0 Å². The zero-order valence-corrected chi connectivity index (χ0v) is 3.95. The molecule has 0 aromatic carbocycles. The van der Waals surface area contributed by atoms with Gasteiger partial charge in [0.1, 0.15) is 0 Å². The lowest BCUT2D eigenvalue weighted by Gasteiger charge is -1.88. The first kappa shape index (κ1) is 6.53. The van der Waals surface area contributed by atoms with E-state index in [0.29, 0.717) is 0 Å². The molecular formula is C4H6F2O. The van der Waals surface area contributed by atoms with Crippen LogP contribution in [0.2, 0.25) is 0 Å². The zero-order chi connectivity index (χ0) is 5.86. The summed E-state index contributed by atoms with van der Waals surface area (Å²) in [6.07, 6.45) is -2.84. The van der Waals surface area contributed by atoms with Crippen molar-refractivity contribution in [3.05, 3.63) is 0 Å². The number of carbonyl (C=O) groups excluding carboxylic acids is 1. The fourth-order valence-corrected chi connectivity index (χ4v) is 0.154. The van der Waals surface area contributed by atoms with Gasteiger partial charge >= 0.3 is 0 Å². The van der Waals surface area contributed by atoms with Crippen LogP contribution in [0.1, 0.15) is 13.3 Å². The Labute approximate surface area is 40.3 Å². The molecule has 0 unspecified atom stereocenters. The van der Waals surface area contributed by atoms with Crippen LogP contribution in [0.25, 0.3) is 0 Å². The van der Waals surface area contributed by atoms with Crippen LogP contribution in [0.3, 0.4) is 0 Å². The fraction of sp³-hybridized carbons (Fsp3) is 0.750. The highest BCUT2D eigenvalue weighted by molar-refractivity contribution is 5.81. The van der Waals surface area contributed by atoms with Crippen molar-refractivity contribution in [1.82, 2.24) is 0 Å². The summed E-state index contributed by atoms with van der Waals surface area (Å²) in [4.78, 5) is 9.76. The smallest absolute Gasteiger partial charge is 0.293 e. The lowest BCUT2D eigenvalue weighted by atomic mass is 10.3. The third kappa shape index (κ3) is 2.25. The quantitative estimate of drug-likeness (QED) is 0.520. The van der Waals surface area contributed by atoms with Crippen LogP contribution < -0.4 is 0 Å². The molecular weight excluding hydrogens is 102 g/mol. The molecule has 0 saturated heterocycles. The third-order valence-corrected chi connectivity index (χ3v) is 0.592. The van der Waals surface area contributed by atoms with Gasteiger partial charge in [0.05, 0.1) is 0 Å². The molecule has 0 saturated carbocycles. The summed E-state index contributed by atoms with van der Waals surface area (Å²) in [7, 11) is 0.